The van der Waals surface area contributed by atoms with Gasteiger partial charge in [0.05, 0.1) is 12.7 Å². The lowest BCUT2D eigenvalue weighted by atomic mass is 10.1. The number of aromatic carboxylic acids is 1. The van der Waals surface area contributed by atoms with Gasteiger partial charge in [0.2, 0.25) is 0 Å². The lowest BCUT2D eigenvalue weighted by Crippen LogP contribution is -2.03. The maximum absolute atomic E-state index is 11.3. The smallest absolute Gasteiger partial charge is 0.339 e. The van der Waals surface area contributed by atoms with E-state index in [2.05, 4.69) is 0 Å². The van der Waals surface area contributed by atoms with Crippen LogP contribution >= 0.6 is 0 Å². The first-order valence-electron chi connectivity index (χ1n) is 6.75. The van der Waals surface area contributed by atoms with E-state index in [1.54, 1.807) is 25.1 Å². The molecule has 0 amide bonds. The summed E-state index contributed by atoms with van der Waals surface area (Å²) < 4.78 is 15.4. The quantitative estimate of drug-likeness (QED) is 0.813. The van der Waals surface area contributed by atoms with Crippen LogP contribution in [0, 0.1) is 18.3 Å². The first-order chi connectivity index (χ1) is 11.5. The van der Waals surface area contributed by atoms with Gasteiger partial charge in [0.25, 0.3) is 6.47 Å². The van der Waals surface area contributed by atoms with Crippen LogP contribution in [-0.4, -0.2) is 24.7 Å². The van der Waals surface area contributed by atoms with Crippen molar-refractivity contribution in [3.63, 3.8) is 0 Å². The van der Waals surface area contributed by atoms with Crippen molar-refractivity contribution in [2.75, 3.05) is 7.11 Å². The van der Waals surface area contributed by atoms with E-state index in [1.165, 1.54) is 19.2 Å². The van der Waals surface area contributed by atoms with Crippen LogP contribution in [0.3, 0.4) is 0 Å². The minimum atomic E-state index is -1.24. The largest absolute Gasteiger partial charge is 0.496 e. The van der Waals surface area contributed by atoms with Crippen molar-refractivity contribution in [2.24, 2.45) is 0 Å². The van der Waals surface area contributed by atoms with Crippen LogP contribution in [0.1, 0.15) is 21.5 Å². The molecule has 7 nitrogen and oxygen atoms in total. The highest BCUT2D eigenvalue weighted by molar-refractivity contribution is 5.92. The summed E-state index contributed by atoms with van der Waals surface area (Å²) in [5, 5.41) is 18.5. The molecule has 0 aromatic heterocycles. The standard InChI is InChI=1S/C17H13NO6/c1-10-4-3-5-13(12(10)8-18)24-16-6-11(17(20)21)14(22-2)7-15(16)23-9-19/h3-7,9H,1-2H3,(H,20,21). The third-order valence-corrected chi connectivity index (χ3v) is 3.24. The summed E-state index contributed by atoms with van der Waals surface area (Å²) in [7, 11) is 1.29. The molecule has 2 rings (SSSR count). The Hall–Kier alpha value is -3.53. The Balaban J connectivity index is 2.59. The molecule has 0 aliphatic carbocycles. The van der Waals surface area contributed by atoms with Crippen LogP contribution in [0.2, 0.25) is 0 Å². The number of rotatable bonds is 6. The third-order valence-electron chi connectivity index (χ3n) is 3.24. The number of methoxy groups -OCH3 is 1. The average molecular weight is 327 g/mol. The fraction of sp³-hybridized carbons (Fsp3) is 0.118. The summed E-state index contributed by atoms with van der Waals surface area (Å²) in [5.41, 5.74) is 0.819. The minimum absolute atomic E-state index is 0.0106. The Morgan fingerprint density at radius 3 is 2.54 bits per heavy atom. The molecule has 0 heterocycles. The summed E-state index contributed by atoms with van der Waals surface area (Å²) in [6.07, 6.45) is 0. The molecule has 0 saturated carbocycles. The van der Waals surface area contributed by atoms with Gasteiger partial charge < -0.3 is 19.3 Å². The van der Waals surface area contributed by atoms with Crippen LogP contribution in [0.25, 0.3) is 0 Å². The normalized spacial score (nSPS) is 9.71. The molecule has 7 heteroatoms. The van der Waals surface area contributed by atoms with Crippen molar-refractivity contribution < 1.29 is 28.9 Å². The van der Waals surface area contributed by atoms with Gasteiger partial charge in [0.1, 0.15) is 23.1 Å². The minimum Gasteiger partial charge on any atom is -0.496 e. The number of hydrogen-bond donors (Lipinski definition) is 1. The zero-order valence-corrected chi connectivity index (χ0v) is 12.9. The lowest BCUT2D eigenvalue weighted by Gasteiger charge is -2.14. The number of nitrogens with zero attached hydrogens (tertiary/aromatic N) is 1. The number of aryl methyl sites for hydroxylation is 1. The van der Waals surface area contributed by atoms with Crippen LogP contribution in [0.4, 0.5) is 0 Å². The lowest BCUT2D eigenvalue weighted by molar-refractivity contribution is -0.120. The van der Waals surface area contributed by atoms with Crippen molar-refractivity contribution in [3.05, 3.63) is 47.0 Å². The van der Waals surface area contributed by atoms with Gasteiger partial charge >= 0.3 is 5.97 Å². The average Bonchev–Trinajstić information content (AvgIpc) is 2.56. The molecule has 2 aromatic rings. The van der Waals surface area contributed by atoms with E-state index < -0.39 is 5.97 Å². The van der Waals surface area contributed by atoms with Gasteiger partial charge in [0.15, 0.2) is 11.5 Å². The highest BCUT2D eigenvalue weighted by atomic mass is 16.5. The molecule has 0 bridgehead atoms. The molecule has 0 unspecified atom stereocenters. The number of benzene rings is 2. The number of carboxylic acid groups (broad SMARTS) is 1. The maximum atomic E-state index is 11.3. The highest BCUT2D eigenvalue weighted by Gasteiger charge is 2.19. The first kappa shape index (κ1) is 16.8. The van der Waals surface area contributed by atoms with Gasteiger partial charge in [-0.25, -0.2) is 4.79 Å². The van der Waals surface area contributed by atoms with Crippen LogP contribution in [0.5, 0.6) is 23.0 Å². The van der Waals surface area contributed by atoms with Crippen LogP contribution in [-0.2, 0) is 4.79 Å². The molecule has 0 radical (unpaired) electrons. The van der Waals surface area contributed by atoms with Crippen molar-refractivity contribution >= 4 is 12.4 Å². The number of carboxylic acids is 1. The molecule has 122 valence electrons. The molecular weight excluding hydrogens is 314 g/mol. The second kappa shape index (κ2) is 7.15. The Labute approximate surface area is 137 Å². The second-order valence-electron chi connectivity index (χ2n) is 4.68. The fourth-order valence-electron chi connectivity index (χ4n) is 2.09. The monoisotopic (exact) mass is 327 g/mol. The predicted octanol–water partition coefficient (Wildman–Crippen LogP) is 2.90. The van der Waals surface area contributed by atoms with E-state index in [0.717, 1.165) is 0 Å². The van der Waals surface area contributed by atoms with Crippen molar-refractivity contribution in [1.82, 2.24) is 0 Å². The van der Waals surface area contributed by atoms with Gasteiger partial charge in [-0.2, -0.15) is 5.26 Å². The zero-order valence-electron chi connectivity index (χ0n) is 12.9. The molecule has 1 N–H and O–H groups in total. The molecule has 0 aliphatic rings. The summed E-state index contributed by atoms with van der Waals surface area (Å²) in [4.78, 5) is 22.0. The summed E-state index contributed by atoms with van der Waals surface area (Å²) >= 11 is 0. The Morgan fingerprint density at radius 1 is 1.21 bits per heavy atom. The third kappa shape index (κ3) is 3.28. The van der Waals surface area contributed by atoms with Gasteiger partial charge in [0, 0.05) is 12.1 Å². The number of hydrogen-bond acceptors (Lipinski definition) is 6. The van der Waals surface area contributed by atoms with Gasteiger partial charge in [-0.3, -0.25) is 4.79 Å². The molecule has 0 spiro atoms. The zero-order chi connectivity index (χ0) is 17.7. The molecule has 0 atom stereocenters. The number of carbonyl (C=O) groups excluding carboxylic acids is 1. The Kier molecular flexibility index (Phi) is 5.02. The van der Waals surface area contributed by atoms with Crippen molar-refractivity contribution in [3.8, 4) is 29.1 Å². The molecular formula is C17H13NO6. The summed E-state index contributed by atoms with van der Waals surface area (Å²) in [5.74, 6) is -1.06. The van der Waals surface area contributed by atoms with Gasteiger partial charge in [-0.15, -0.1) is 0 Å². The van der Waals surface area contributed by atoms with E-state index in [4.69, 9.17) is 14.2 Å². The van der Waals surface area contributed by atoms with E-state index in [-0.39, 0.29) is 35.0 Å². The second-order valence-corrected chi connectivity index (χ2v) is 4.68. The molecule has 0 fully saturated rings. The van der Waals surface area contributed by atoms with E-state index >= 15 is 0 Å². The number of nitriles is 1. The van der Waals surface area contributed by atoms with Gasteiger partial charge in [-0.05, 0) is 18.6 Å². The number of carbonyl (C=O) groups is 2. The van der Waals surface area contributed by atoms with E-state index in [0.29, 0.717) is 11.1 Å². The first-order valence-corrected chi connectivity index (χ1v) is 6.75. The molecule has 2 aromatic carbocycles. The Bertz CT molecular complexity index is 838. The molecule has 24 heavy (non-hydrogen) atoms. The fourth-order valence-corrected chi connectivity index (χ4v) is 2.09. The number of ether oxygens (including phenoxy) is 3. The highest BCUT2D eigenvalue weighted by Crippen LogP contribution is 2.38. The van der Waals surface area contributed by atoms with E-state index in [1.807, 2.05) is 6.07 Å². The van der Waals surface area contributed by atoms with Crippen molar-refractivity contribution in [1.29, 1.82) is 5.26 Å². The van der Waals surface area contributed by atoms with Crippen LogP contribution < -0.4 is 14.2 Å². The van der Waals surface area contributed by atoms with Crippen molar-refractivity contribution in [2.45, 2.75) is 6.92 Å². The molecule has 0 saturated heterocycles. The molecule has 0 aliphatic heterocycles. The van der Waals surface area contributed by atoms with Gasteiger partial charge in [-0.1, -0.05) is 12.1 Å². The Morgan fingerprint density at radius 2 is 1.96 bits per heavy atom. The van der Waals surface area contributed by atoms with E-state index in [9.17, 15) is 20.0 Å². The SMILES string of the molecule is COc1cc(OC=O)c(Oc2cccc(C)c2C#N)cc1C(=O)O. The summed E-state index contributed by atoms with van der Waals surface area (Å²) in [6, 6.07) is 9.41. The topological polar surface area (TPSA) is 106 Å². The summed E-state index contributed by atoms with van der Waals surface area (Å²) in [6.45, 7) is 1.93. The van der Waals surface area contributed by atoms with Crippen LogP contribution in [0.15, 0.2) is 30.3 Å². The maximum Gasteiger partial charge on any atom is 0.339 e. The predicted molar refractivity (Wildman–Crippen MR) is 82.6 cm³/mol.